The van der Waals surface area contributed by atoms with Crippen LogP contribution in [0.2, 0.25) is 0 Å². The lowest BCUT2D eigenvalue weighted by molar-refractivity contribution is -0.125. The highest BCUT2D eigenvalue weighted by Gasteiger charge is 2.31. The Morgan fingerprint density at radius 1 is 1.10 bits per heavy atom. The zero-order valence-electron chi connectivity index (χ0n) is 16.8. The molecule has 2 unspecified atom stereocenters. The van der Waals surface area contributed by atoms with Crippen molar-refractivity contribution in [3.8, 4) is 0 Å². The van der Waals surface area contributed by atoms with E-state index < -0.39 is 0 Å². The summed E-state index contributed by atoms with van der Waals surface area (Å²) in [4.78, 5) is 26.3. The summed E-state index contributed by atoms with van der Waals surface area (Å²) in [6.45, 7) is 6.81. The molecule has 0 radical (unpaired) electrons. The Kier molecular flexibility index (Phi) is 6.21. The predicted molar refractivity (Wildman–Crippen MR) is 113 cm³/mol. The SMILES string of the molecule is CCC1NNCC1C(=O)NCc1cccnc1N1CCN(c2ccccn2)CC1. The van der Waals surface area contributed by atoms with E-state index in [-0.39, 0.29) is 17.9 Å². The van der Waals surface area contributed by atoms with Crippen molar-refractivity contribution in [2.24, 2.45) is 5.92 Å². The third kappa shape index (κ3) is 4.49. The summed E-state index contributed by atoms with van der Waals surface area (Å²) in [6.07, 6.45) is 4.58. The van der Waals surface area contributed by atoms with Gasteiger partial charge in [0.05, 0.1) is 5.92 Å². The number of rotatable bonds is 6. The topological polar surface area (TPSA) is 85.4 Å². The summed E-state index contributed by atoms with van der Waals surface area (Å²) in [7, 11) is 0. The number of pyridine rings is 2. The summed E-state index contributed by atoms with van der Waals surface area (Å²) in [5, 5.41) is 3.11. The molecule has 1 amide bonds. The molecular weight excluding hydrogens is 366 g/mol. The van der Waals surface area contributed by atoms with Gasteiger partial charge in [-0.15, -0.1) is 0 Å². The molecule has 4 rings (SSSR count). The molecule has 0 bridgehead atoms. The van der Waals surface area contributed by atoms with Gasteiger partial charge in [0.25, 0.3) is 0 Å². The lowest BCUT2D eigenvalue weighted by Crippen LogP contribution is -2.47. The van der Waals surface area contributed by atoms with Gasteiger partial charge < -0.3 is 15.1 Å². The van der Waals surface area contributed by atoms with Crippen LogP contribution in [0.4, 0.5) is 11.6 Å². The van der Waals surface area contributed by atoms with Crippen LogP contribution < -0.4 is 26.0 Å². The molecule has 2 fully saturated rings. The van der Waals surface area contributed by atoms with Crippen molar-refractivity contribution < 1.29 is 4.79 Å². The minimum Gasteiger partial charge on any atom is -0.353 e. The zero-order chi connectivity index (χ0) is 20.1. The van der Waals surface area contributed by atoms with Crippen LogP contribution in [-0.4, -0.2) is 54.6 Å². The van der Waals surface area contributed by atoms with E-state index in [9.17, 15) is 4.79 Å². The van der Waals surface area contributed by atoms with Crippen molar-refractivity contribution >= 4 is 17.5 Å². The van der Waals surface area contributed by atoms with Crippen LogP contribution in [0.15, 0.2) is 42.7 Å². The molecule has 0 saturated carbocycles. The monoisotopic (exact) mass is 395 g/mol. The number of piperazine rings is 1. The van der Waals surface area contributed by atoms with Crippen molar-refractivity contribution in [2.75, 3.05) is 42.5 Å². The molecule has 2 aliphatic rings. The van der Waals surface area contributed by atoms with Gasteiger partial charge >= 0.3 is 0 Å². The van der Waals surface area contributed by atoms with Crippen molar-refractivity contribution in [3.63, 3.8) is 0 Å². The Balaban J connectivity index is 1.37. The van der Waals surface area contributed by atoms with Gasteiger partial charge in [0, 0.05) is 63.3 Å². The van der Waals surface area contributed by atoms with E-state index in [4.69, 9.17) is 0 Å². The van der Waals surface area contributed by atoms with Crippen LogP contribution >= 0.6 is 0 Å². The fraction of sp³-hybridized carbons (Fsp3) is 0.476. The van der Waals surface area contributed by atoms with E-state index in [1.807, 2.05) is 36.7 Å². The normalized spacial score (nSPS) is 22.0. The van der Waals surface area contributed by atoms with Crippen molar-refractivity contribution in [1.29, 1.82) is 0 Å². The first kappa shape index (κ1) is 19.6. The molecule has 3 N–H and O–H groups in total. The zero-order valence-corrected chi connectivity index (χ0v) is 16.8. The quantitative estimate of drug-likeness (QED) is 0.671. The van der Waals surface area contributed by atoms with Gasteiger partial charge in [-0.2, -0.15) is 0 Å². The van der Waals surface area contributed by atoms with Crippen molar-refractivity contribution in [2.45, 2.75) is 25.9 Å². The molecular formula is C21H29N7O. The highest BCUT2D eigenvalue weighted by atomic mass is 16.2. The standard InChI is InChI=1S/C21H29N7O/c1-2-18-17(15-25-26-18)21(29)24-14-16-6-5-9-23-20(16)28-12-10-27(11-13-28)19-7-3-4-8-22-19/h3-9,17-18,25-26H,2,10-15H2,1H3,(H,24,29). The molecule has 0 aromatic carbocycles. The number of carbonyl (C=O) groups is 1. The molecule has 8 nitrogen and oxygen atoms in total. The number of hydrogen-bond acceptors (Lipinski definition) is 7. The first-order valence-electron chi connectivity index (χ1n) is 10.4. The second-order valence-electron chi connectivity index (χ2n) is 7.51. The molecule has 0 spiro atoms. The highest BCUT2D eigenvalue weighted by Crippen LogP contribution is 2.21. The number of amides is 1. The van der Waals surface area contributed by atoms with Crippen LogP contribution in [0.1, 0.15) is 18.9 Å². The second kappa shape index (κ2) is 9.19. The summed E-state index contributed by atoms with van der Waals surface area (Å²) in [5.41, 5.74) is 7.32. The van der Waals surface area contributed by atoms with E-state index in [1.165, 1.54) is 0 Å². The Bertz CT molecular complexity index is 808. The molecule has 2 atom stereocenters. The predicted octanol–water partition coefficient (Wildman–Crippen LogP) is 0.922. The summed E-state index contributed by atoms with van der Waals surface area (Å²) >= 11 is 0. The van der Waals surface area contributed by atoms with Gasteiger partial charge in [0.15, 0.2) is 0 Å². The van der Waals surface area contributed by atoms with Gasteiger partial charge in [0.1, 0.15) is 11.6 Å². The average molecular weight is 396 g/mol. The number of nitrogens with one attached hydrogen (secondary N) is 3. The van der Waals surface area contributed by atoms with E-state index in [1.54, 1.807) is 0 Å². The van der Waals surface area contributed by atoms with Crippen molar-refractivity contribution in [1.82, 2.24) is 26.1 Å². The van der Waals surface area contributed by atoms with E-state index >= 15 is 0 Å². The van der Waals surface area contributed by atoms with Gasteiger partial charge in [-0.25, -0.2) is 9.97 Å². The highest BCUT2D eigenvalue weighted by molar-refractivity contribution is 5.80. The molecule has 8 heteroatoms. The Morgan fingerprint density at radius 2 is 1.90 bits per heavy atom. The van der Waals surface area contributed by atoms with Gasteiger partial charge in [-0.3, -0.25) is 15.6 Å². The maximum atomic E-state index is 12.6. The van der Waals surface area contributed by atoms with E-state index in [2.05, 4.69) is 48.9 Å². The summed E-state index contributed by atoms with van der Waals surface area (Å²) in [5.74, 6) is 2.03. The lowest BCUT2D eigenvalue weighted by Gasteiger charge is -2.36. The molecule has 2 aromatic heterocycles. The second-order valence-corrected chi connectivity index (χ2v) is 7.51. The Hall–Kier alpha value is -2.71. The minimum atomic E-state index is -0.0398. The summed E-state index contributed by atoms with van der Waals surface area (Å²) < 4.78 is 0. The third-order valence-corrected chi connectivity index (χ3v) is 5.74. The maximum Gasteiger partial charge on any atom is 0.226 e. The number of anilines is 2. The Morgan fingerprint density at radius 3 is 2.66 bits per heavy atom. The fourth-order valence-electron chi connectivity index (χ4n) is 4.06. The first-order chi connectivity index (χ1) is 14.3. The first-order valence-corrected chi connectivity index (χ1v) is 10.4. The lowest BCUT2D eigenvalue weighted by atomic mass is 9.99. The largest absolute Gasteiger partial charge is 0.353 e. The molecule has 4 heterocycles. The summed E-state index contributed by atoms with van der Waals surface area (Å²) in [6, 6.07) is 10.2. The van der Waals surface area contributed by atoms with Crippen LogP contribution in [0.3, 0.4) is 0 Å². The minimum absolute atomic E-state index is 0.0398. The number of hydrazine groups is 1. The van der Waals surface area contributed by atoms with E-state index in [0.29, 0.717) is 13.1 Å². The van der Waals surface area contributed by atoms with Gasteiger partial charge in [0.2, 0.25) is 5.91 Å². The number of nitrogens with zero attached hydrogens (tertiary/aromatic N) is 4. The smallest absolute Gasteiger partial charge is 0.226 e. The van der Waals surface area contributed by atoms with Crippen LogP contribution in [0.25, 0.3) is 0 Å². The average Bonchev–Trinajstić information content (AvgIpc) is 3.27. The molecule has 2 aliphatic heterocycles. The molecule has 29 heavy (non-hydrogen) atoms. The molecule has 2 aromatic rings. The van der Waals surface area contributed by atoms with E-state index in [0.717, 1.165) is 49.8 Å². The van der Waals surface area contributed by atoms with Crippen LogP contribution in [-0.2, 0) is 11.3 Å². The van der Waals surface area contributed by atoms with Gasteiger partial charge in [-0.05, 0) is 24.6 Å². The van der Waals surface area contributed by atoms with Gasteiger partial charge in [-0.1, -0.05) is 19.1 Å². The van der Waals surface area contributed by atoms with Crippen molar-refractivity contribution in [3.05, 3.63) is 48.3 Å². The number of hydrogen-bond donors (Lipinski definition) is 3. The number of carbonyl (C=O) groups excluding carboxylic acids is 1. The third-order valence-electron chi connectivity index (χ3n) is 5.74. The van der Waals surface area contributed by atoms with Crippen LogP contribution in [0.5, 0.6) is 0 Å². The fourth-order valence-corrected chi connectivity index (χ4v) is 4.06. The molecule has 154 valence electrons. The molecule has 2 saturated heterocycles. The van der Waals surface area contributed by atoms with Crippen LogP contribution in [0, 0.1) is 5.92 Å². The maximum absolute atomic E-state index is 12.6. The number of aromatic nitrogens is 2. The molecule has 0 aliphatic carbocycles. The Labute approximate surface area is 171 Å².